The SMILES string of the molecule is O=c1cc(CSc2nncs2)nc2ccc(Br)cn12. The molecule has 3 aromatic heterocycles. The maximum Gasteiger partial charge on any atom is 0.258 e. The van der Waals surface area contributed by atoms with Crippen LogP contribution in [0.1, 0.15) is 5.69 Å². The van der Waals surface area contributed by atoms with Gasteiger partial charge in [-0.25, -0.2) is 4.98 Å². The van der Waals surface area contributed by atoms with Crippen LogP contribution in [0, 0.1) is 0 Å². The van der Waals surface area contributed by atoms with Crippen molar-refractivity contribution in [2.45, 2.75) is 10.1 Å². The highest BCUT2D eigenvalue weighted by Crippen LogP contribution is 2.22. The van der Waals surface area contributed by atoms with Crippen LogP contribution in [0.25, 0.3) is 5.65 Å². The standard InChI is InChI=1S/C11H7BrN4OS2/c12-7-1-2-9-14-8(3-10(17)16(9)4-7)5-18-11-15-13-6-19-11/h1-4,6H,5H2. The van der Waals surface area contributed by atoms with Gasteiger partial charge < -0.3 is 0 Å². The molecule has 0 saturated heterocycles. The van der Waals surface area contributed by atoms with Gasteiger partial charge in [-0.3, -0.25) is 9.20 Å². The van der Waals surface area contributed by atoms with Crippen LogP contribution in [0.3, 0.4) is 0 Å². The predicted octanol–water partition coefficient (Wildman–Crippen LogP) is 2.60. The molecule has 0 aliphatic heterocycles. The Hall–Kier alpha value is -1.25. The van der Waals surface area contributed by atoms with Crippen molar-refractivity contribution in [3.05, 3.63) is 50.4 Å². The van der Waals surface area contributed by atoms with Crippen molar-refractivity contribution < 1.29 is 0 Å². The summed E-state index contributed by atoms with van der Waals surface area (Å²) in [5.74, 6) is 0.608. The average Bonchev–Trinajstić information content (AvgIpc) is 2.90. The number of aromatic nitrogens is 4. The molecule has 0 N–H and O–H groups in total. The van der Waals surface area contributed by atoms with Crippen molar-refractivity contribution >= 4 is 44.7 Å². The van der Waals surface area contributed by atoms with Gasteiger partial charge in [0.05, 0.1) is 5.69 Å². The van der Waals surface area contributed by atoms with Crippen LogP contribution in [0.2, 0.25) is 0 Å². The summed E-state index contributed by atoms with van der Waals surface area (Å²) in [4.78, 5) is 16.4. The van der Waals surface area contributed by atoms with E-state index in [9.17, 15) is 4.79 Å². The maximum atomic E-state index is 12.0. The molecule has 5 nitrogen and oxygen atoms in total. The van der Waals surface area contributed by atoms with E-state index in [0.29, 0.717) is 11.4 Å². The Morgan fingerprint density at radius 3 is 3.11 bits per heavy atom. The fraction of sp³-hybridized carbons (Fsp3) is 0.0909. The number of nitrogens with zero attached hydrogens (tertiary/aromatic N) is 4. The van der Waals surface area contributed by atoms with Crippen molar-refractivity contribution in [2.24, 2.45) is 0 Å². The van der Waals surface area contributed by atoms with Gasteiger partial charge in [0.15, 0.2) is 4.34 Å². The summed E-state index contributed by atoms with van der Waals surface area (Å²) in [6, 6.07) is 5.22. The fourth-order valence-electron chi connectivity index (χ4n) is 1.56. The summed E-state index contributed by atoms with van der Waals surface area (Å²) in [5, 5.41) is 7.71. The lowest BCUT2D eigenvalue weighted by Gasteiger charge is -2.03. The molecule has 3 aromatic rings. The highest BCUT2D eigenvalue weighted by Gasteiger charge is 2.05. The minimum atomic E-state index is -0.0841. The number of halogens is 1. The van der Waals surface area contributed by atoms with Gasteiger partial charge in [-0.2, -0.15) is 0 Å². The molecular weight excluding hydrogens is 348 g/mol. The minimum absolute atomic E-state index is 0.0841. The molecule has 0 aromatic carbocycles. The van der Waals surface area contributed by atoms with Gasteiger partial charge >= 0.3 is 0 Å². The third-order valence-electron chi connectivity index (χ3n) is 2.36. The third kappa shape index (κ3) is 2.85. The molecule has 19 heavy (non-hydrogen) atoms. The molecule has 0 aliphatic carbocycles. The summed E-state index contributed by atoms with van der Waals surface area (Å²) in [6.45, 7) is 0. The Kier molecular flexibility index (Phi) is 3.63. The Balaban J connectivity index is 1.93. The van der Waals surface area contributed by atoms with E-state index in [-0.39, 0.29) is 5.56 Å². The lowest BCUT2D eigenvalue weighted by molar-refractivity contribution is 0.997. The lowest BCUT2D eigenvalue weighted by Crippen LogP contribution is -2.15. The highest BCUT2D eigenvalue weighted by molar-refractivity contribution is 9.10. The number of fused-ring (bicyclic) bond motifs is 1. The van der Waals surface area contributed by atoms with Gasteiger partial charge in [-0.05, 0) is 28.1 Å². The fourth-order valence-corrected chi connectivity index (χ4v) is 3.28. The zero-order chi connectivity index (χ0) is 13.2. The molecule has 0 atom stereocenters. The average molecular weight is 355 g/mol. The number of pyridine rings is 1. The summed E-state index contributed by atoms with van der Waals surface area (Å²) < 4.78 is 3.24. The van der Waals surface area contributed by atoms with Crippen molar-refractivity contribution in [1.29, 1.82) is 0 Å². The first-order valence-corrected chi connectivity index (χ1v) is 7.95. The van der Waals surface area contributed by atoms with E-state index in [1.165, 1.54) is 27.5 Å². The number of rotatable bonds is 3. The van der Waals surface area contributed by atoms with Crippen molar-refractivity contribution in [3.63, 3.8) is 0 Å². The van der Waals surface area contributed by atoms with Crippen LogP contribution in [0.15, 0.2) is 43.5 Å². The zero-order valence-corrected chi connectivity index (χ0v) is 12.7. The quantitative estimate of drug-likeness (QED) is 0.676. The number of thioether (sulfide) groups is 1. The van der Waals surface area contributed by atoms with Crippen LogP contribution in [0.5, 0.6) is 0 Å². The second kappa shape index (κ2) is 5.40. The molecular formula is C11H7BrN4OS2. The molecule has 0 radical (unpaired) electrons. The molecule has 8 heteroatoms. The monoisotopic (exact) mass is 354 g/mol. The summed E-state index contributed by atoms with van der Waals surface area (Å²) in [6.07, 6.45) is 1.71. The molecule has 0 spiro atoms. The van der Waals surface area contributed by atoms with E-state index in [4.69, 9.17) is 0 Å². The number of hydrogen-bond donors (Lipinski definition) is 0. The smallest absolute Gasteiger partial charge is 0.258 e. The Bertz CT molecular complexity index is 772. The third-order valence-corrected chi connectivity index (χ3v) is 4.72. The van der Waals surface area contributed by atoms with E-state index in [1.807, 2.05) is 12.1 Å². The molecule has 0 fully saturated rings. The second-order valence-corrected chi connectivity index (χ2v) is 6.63. The Morgan fingerprint density at radius 1 is 1.42 bits per heavy atom. The van der Waals surface area contributed by atoms with Gasteiger partial charge in [-0.15, -0.1) is 10.2 Å². The van der Waals surface area contributed by atoms with Crippen LogP contribution in [-0.4, -0.2) is 19.6 Å². The van der Waals surface area contributed by atoms with Gasteiger partial charge in [-0.1, -0.05) is 23.1 Å². The molecule has 0 bridgehead atoms. The van der Waals surface area contributed by atoms with Crippen LogP contribution >= 0.6 is 39.0 Å². The molecule has 0 unspecified atom stereocenters. The van der Waals surface area contributed by atoms with Gasteiger partial charge in [0.2, 0.25) is 0 Å². The number of hydrogen-bond acceptors (Lipinski definition) is 6. The summed E-state index contributed by atoms with van der Waals surface area (Å²) in [5.41, 5.74) is 2.98. The van der Waals surface area contributed by atoms with Gasteiger partial charge in [0.25, 0.3) is 5.56 Å². The molecule has 0 aliphatic rings. The van der Waals surface area contributed by atoms with Crippen molar-refractivity contribution in [2.75, 3.05) is 0 Å². The van der Waals surface area contributed by atoms with E-state index in [0.717, 1.165) is 14.5 Å². The van der Waals surface area contributed by atoms with Gasteiger partial charge in [0.1, 0.15) is 11.2 Å². The Labute approximate surface area is 124 Å². The van der Waals surface area contributed by atoms with E-state index < -0.39 is 0 Å². The normalized spacial score (nSPS) is 11.0. The van der Waals surface area contributed by atoms with E-state index >= 15 is 0 Å². The first-order valence-electron chi connectivity index (χ1n) is 5.29. The molecule has 3 rings (SSSR count). The summed E-state index contributed by atoms with van der Waals surface area (Å²) >= 11 is 6.34. The van der Waals surface area contributed by atoms with Crippen LogP contribution in [-0.2, 0) is 5.75 Å². The highest BCUT2D eigenvalue weighted by atomic mass is 79.9. The van der Waals surface area contributed by atoms with Crippen molar-refractivity contribution in [3.8, 4) is 0 Å². The summed E-state index contributed by atoms with van der Waals surface area (Å²) in [7, 11) is 0. The Morgan fingerprint density at radius 2 is 2.32 bits per heavy atom. The van der Waals surface area contributed by atoms with Crippen molar-refractivity contribution in [1.82, 2.24) is 19.6 Å². The largest absolute Gasteiger partial charge is 0.269 e. The van der Waals surface area contributed by atoms with E-state index in [2.05, 4.69) is 31.1 Å². The van der Waals surface area contributed by atoms with Crippen LogP contribution < -0.4 is 5.56 Å². The molecule has 0 amide bonds. The second-order valence-electron chi connectivity index (χ2n) is 3.65. The minimum Gasteiger partial charge on any atom is -0.269 e. The molecule has 0 saturated carbocycles. The van der Waals surface area contributed by atoms with E-state index in [1.54, 1.807) is 17.8 Å². The first-order chi connectivity index (χ1) is 9.22. The van der Waals surface area contributed by atoms with Crippen LogP contribution in [0.4, 0.5) is 0 Å². The van der Waals surface area contributed by atoms with Gasteiger partial charge in [0, 0.05) is 22.5 Å². The molecule has 3 heterocycles. The zero-order valence-electron chi connectivity index (χ0n) is 9.49. The molecule has 96 valence electrons. The first kappa shape index (κ1) is 12.8. The lowest BCUT2D eigenvalue weighted by atomic mass is 10.4. The topological polar surface area (TPSA) is 60.2 Å². The predicted molar refractivity (Wildman–Crippen MR) is 78.6 cm³/mol. The maximum absolute atomic E-state index is 12.0.